The normalized spacial score (nSPS) is 16.1. The summed E-state index contributed by atoms with van der Waals surface area (Å²) in [6, 6.07) is 8.46. The van der Waals surface area contributed by atoms with Gasteiger partial charge in [0.25, 0.3) is 0 Å². The summed E-state index contributed by atoms with van der Waals surface area (Å²) in [5, 5.41) is 6.74. The fourth-order valence-corrected chi connectivity index (χ4v) is 3.35. The lowest BCUT2D eigenvalue weighted by molar-refractivity contribution is 0.267. The van der Waals surface area contributed by atoms with Crippen LogP contribution in [0.2, 0.25) is 0 Å². The van der Waals surface area contributed by atoms with Gasteiger partial charge in [0.15, 0.2) is 5.13 Å². The van der Waals surface area contributed by atoms with Crippen LogP contribution in [0.25, 0.3) is 0 Å². The molecule has 1 fully saturated rings. The van der Waals surface area contributed by atoms with Gasteiger partial charge in [0.1, 0.15) is 0 Å². The lowest BCUT2D eigenvalue weighted by Crippen LogP contribution is -2.47. The number of rotatable bonds is 5. The molecule has 2 aromatic rings. The molecule has 0 saturated carbocycles. The molecule has 2 heterocycles. The van der Waals surface area contributed by atoms with Gasteiger partial charge in [-0.15, -0.1) is 11.3 Å². The summed E-state index contributed by atoms with van der Waals surface area (Å²) in [6.45, 7) is 8.65. The summed E-state index contributed by atoms with van der Waals surface area (Å²) in [5.74, 6) is 0. The van der Waals surface area contributed by atoms with Gasteiger partial charge in [-0.3, -0.25) is 4.90 Å². The first-order chi connectivity index (χ1) is 10.3. The van der Waals surface area contributed by atoms with E-state index in [4.69, 9.17) is 0 Å². The second-order valence-electron chi connectivity index (χ2n) is 5.39. The molecule has 112 valence electrons. The highest BCUT2D eigenvalue weighted by molar-refractivity contribution is 7.13. The first-order valence-corrected chi connectivity index (χ1v) is 8.37. The van der Waals surface area contributed by atoms with E-state index in [1.54, 1.807) is 11.3 Å². The summed E-state index contributed by atoms with van der Waals surface area (Å²) >= 11 is 1.73. The third-order valence-corrected chi connectivity index (χ3v) is 4.78. The number of thiazole rings is 1. The van der Waals surface area contributed by atoms with E-state index in [0.29, 0.717) is 0 Å². The van der Waals surface area contributed by atoms with Gasteiger partial charge in [0, 0.05) is 56.5 Å². The van der Waals surface area contributed by atoms with Crippen LogP contribution in [0.3, 0.4) is 0 Å². The molecule has 1 saturated heterocycles. The first-order valence-electron chi connectivity index (χ1n) is 7.49. The molecular weight excluding hydrogens is 280 g/mol. The molecule has 1 aliphatic rings. The van der Waals surface area contributed by atoms with E-state index in [9.17, 15) is 0 Å². The number of aromatic nitrogens is 1. The molecule has 4 nitrogen and oxygen atoms in total. The number of piperazine rings is 1. The van der Waals surface area contributed by atoms with Crippen molar-refractivity contribution in [2.24, 2.45) is 0 Å². The molecule has 1 N–H and O–H groups in total. The first kappa shape index (κ1) is 14.4. The fraction of sp³-hybridized carbons (Fsp3) is 0.438. The fourth-order valence-electron chi connectivity index (χ4n) is 2.65. The van der Waals surface area contributed by atoms with E-state index in [1.807, 2.05) is 11.6 Å². The van der Waals surface area contributed by atoms with Crippen LogP contribution in [-0.4, -0.2) is 49.2 Å². The third kappa shape index (κ3) is 3.74. The second kappa shape index (κ2) is 6.91. The second-order valence-corrected chi connectivity index (χ2v) is 6.26. The van der Waals surface area contributed by atoms with Crippen LogP contribution < -0.4 is 10.2 Å². The number of nitrogens with one attached hydrogen (secondary N) is 1. The molecule has 0 amide bonds. The highest BCUT2D eigenvalue weighted by Crippen LogP contribution is 2.18. The maximum Gasteiger partial charge on any atom is 0.185 e. The Bertz CT molecular complexity index is 547. The molecule has 0 bridgehead atoms. The molecule has 0 spiro atoms. The summed E-state index contributed by atoms with van der Waals surface area (Å²) in [4.78, 5) is 9.30. The Morgan fingerprint density at radius 2 is 2.00 bits per heavy atom. The minimum absolute atomic E-state index is 1.00. The van der Waals surface area contributed by atoms with Gasteiger partial charge in [-0.05, 0) is 18.6 Å². The van der Waals surface area contributed by atoms with E-state index in [0.717, 1.165) is 44.4 Å². The van der Waals surface area contributed by atoms with Crippen LogP contribution in [-0.2, 0) is 0 Å². The van der Waals surface area contributed by atoms with E-state index in [2.05, 4.69) is 51.3 Å². The predicted octanol–water partition coefficient (Wildman–Crippen LogP) is 2.69. The molecule has 1 aliphatic heterocycles. The maximum atomic E-state index is 4.39. The zero-order chi connectivity index (χ0) is 14.5. The lowest BCUT2D eigenvalue weighted by Gasteiger charge is -2.34. The molecule has 3 rings (SSSR count). The van der Waals surface area contributed by atoms with Crippen molar-refractivity contribution in [2.75, 3.05) is 49.5 Å². The van der Waals surface area contributed by atoms with Crippen LogP contribution in [0.15, 0.2) is 35.8 Å². The summed E-state index contributed by atoms with van der Waals surface area (Å²) in [5.41, 5.74) is 2.56. The van der Waals surface area contributed by atoms with Crippen molar-refractivity contribution in [3.05, 3.63) is 41.4 Å². The maximum absolute atomic E-state index is 4.39. The van der Waals surface area contributed by atoms with E-state index < -0.39 is 0 Å². The Morgan fingerprint density at radius 3 is 2.71 bits per heavy atom. The largest absolute Gasteiger partial charge is 0.384 e. The number of aryl methyl sites for hydroxylation is 1. The van der Waals surface area contributed by atoms with Gasteiger partial charge in [0.2, 0.25) is 0 Å². The van der Waals surface area contributed by atoms with Crippen LogP contribution in [0.1, 0.15) is 5.56 Å². The van der Waals surface area contributed by atoms with Crippen molar-refractivity contribution in [3.63, 3.8) is 0 Å². The number of hydrogen-bond donors (Lipinski definition) is 1. The molecule has 0 atom stereocenters. The minimum Gasteiger partial charge on any atom is -0.384 e. The Morgan fingerprint density at radius 1 is 1.19 bits per heavy atom. The Balaban J connectivity index is 1.41. The average molecular weight is 302 g/mol. The van der Waals surface area contributed by atoms with Crippen LogP contribution >= 0.6 is 11.3 Å². The third-order valence-electron chi connectivity index (χ3n) is 3.95. The zero-order valence-electron chi connectivity index (χ0n) is 12.5. The highest BCUT2D eigenvalue weighted by atomic mass is 32.1. The van der Waals surface area contributed by atoms with Gasteiger partial charge in [0.05, 0.1) is 0 Å². The van der Waals surface area contributed by atoms with Crippen molar-refractivity contribution in [3.8, 4) is 0 Å². The van der Waals surface area contributed by atoms with E-state index in [1.165, 1.54) is 11.3 Å². The van der Waals surface area contributed by atoms with Crippen LogP contribution in [0, 0.1) is 6.92 Å². The Kier molecular flexibility index (Phi) is 4.72. The van der Waals surface area contributed by atoms with Crippen molar-refractivity contribution < 1.29 is 0 Å². The van der Waals surface area contributed by atoms with Crippen LogP contribution in [0.4, 0.5) is 10.8 Å². The van der Waals surface area contributed by atoms with Gasteiger partial charge in [-0.25, -0.2) is 4.98 Å². The predicted molar refractivity (Wildman–Crippen MR) is 90.4 cm³/mol. The molecule has 0 unspecified atom stereocenters. The summed E-state index contributed by atoms with van der Waals surface area (Å²) in [7, 11) is 0. The topological polar surface area (TPSA) is 31.4 Å². The van der Waals surface area contributed by atoms with Crippen molar-refractivity contribution in [1.29, 1.82) is 0 Å². The highest BCUT2D eigenvalue weighted by Gasteiger charge is 2.17. The van der Waals surface area contributed by atoms with Gasteiger partial charge in [-0.1, -0.05) is 18.2 Å². The number of benzene rings is 1. The lowest BCUT2D eigenvalue weighted by atomic mass is 10.2. The Hall–Kier alpha value is -1.59. The number of para-hydroxylation sites is 1. The molecule has 1 aromatic heterocycles. The van der Waals surface area contributed by atoms with E-state index >= 15 is 0 Å². The smallest absolute Gasteiger partial charge is 0.185 e. The van der Waals surface area contributed by atoms with E-state index in [-0.39, 0.29) is 0 Å². The quantitative estimate of drug-likeness (QED) is 0.920. The average Bonchev–Trinajstić information content (AvgIpc) is 3.04. The van der Waals surface area contributed by atoms with Gasteiger partial charge in [-0.2, -0.15) is 0 Å². The number of anilines is 2. The number of hydrogen-bond acceptors (Lipinski definition) is 5. The SMILES string of the molecule is Cc1ccccc1NCCN1CCN(c2nccs2)CC1. The molecule has 1 aromatic carbocycles. The van der Waals surface area contributed by atoms with Crippen molar-refractivity contribution in [1.82, 2.24) is 9.88 Å². The van der Waals surface area contributed by atoms with Crippen LogP contribution in [0.5, 0.6) is 0 Å². The Labute approximate surface area is 130 Å². The van der Waals surface area contributed by atoms with Crippen molar-refractivity contribution >= 4 is 22.2 Å². The standard InChI is InChI=1S/C16H22N4S/c1-14-4-2-3-5-15(14)17-6-8-19-9-11-20(12-10-19)16-18-7-13-21-16/h2-5,7,13,17H,6,8-12H2,1H3. The summed E-state index contributed by atoms with van der Waals surface area (Å²) < 4.78 is 0. The molecule has 0 aliphatic carbocycles. The van der Waals surface area contributed by atoms with Gasteiger partial charge < -0.3 is 10.2 Å². The zero-order valence-corrected chi connectivity index (χ0v) is 13.3. The molecule has 0 radical (unpaired) electrons. The monoisotopic (exact) mass is 302 g/mol. The van der Waals surface area contributed by atoms with Gasteiger partial charge >= 0.3 is 0 Å². The molecule has 5 heteroatoms. The van der Waals surface area contributed by atoms with Crippen molar-refractivity contribution in [2.45, 2.75) is 6.92 Å². The molecule has 21 heavy (non-hydrogen) atoms. The number of nitrogens with zero attached hydrogens (tertiary/aromatic N) is 3. The minimum atomic E-state index is 1.00. The molecular formula is C16H22N4S. The summed E-state index contributed by atoms with van der Waals surface area (Å²) in [6.07, 6.45) is 1.89.